The number of benzene rings is 8. The van der Waals surface area contributed by atoms with E-state index >= 15 is 0 Å². The van der Waals surface area contributed by atoms with E-state index in [1.54, 1.807) is 0 Å². The van der Waals surface area contributed by atoms with Crippen LogP contribution in [0.3, 0.4) is 0 Å². The number of hydrogen-bond donors (Lipinski definition) is 0. The smallest absolute Gasteiger partial charge is 0.164 e. The Labute approximate surface area is 360 Å². The largest absolute Gasteiger partial charge is 0.456 e. The van der Waals surface area contributed by atoms with Gasteiger partial charge in [0.15, 0.2) is 17.5 Å². The molecule has 8 aromatic carbocycles. The third-order valence-corrected chi connectivity index (χ3v) is 12.3. The molecule has 0 amide bonds. The van der Waals surface area contributed by atoms with Crippen LogP contribution in [0.15, 0.2) is 217 Å². The molecule has 292 valence electrons. The topological polar surface area (TPSA) is 55.1 Å². The molecule has 2 atom stereocenters. The van der Waals surface area contributed by atoms with Crippen molar-refractivity contribution in [3.8, 4) is 67.5 Å². The van der Waals surface area contributed by atoms with Gasteiger partial charge < -0.3 is 9.32 Å². The fourth-order valence-corrected chi connectivity index (χ4v) is 9.32. The molecular weight excluding hydrogens is 757 g/mol. The van der Waals surface area contributed by atoms with Crippen molar-refractivity contribution in [1.82, 2.24) is 15.0 Å². The first-order valence-electron chi connectivity index (χ1n) is 21.1. The molecule has 0 radical (unpaired) electrons. The van der Waals surface area contributed by atoms with Crippen LogP contribution in [0.25, 0.3) is 84.6 Å². The maximum Gasteiger partial charge on any atom is 0.164 e. The van der Waals surface area contributed by atoms with E-state index in [1.165, 1.54) is 27.9 Å². The van der Waals surface area contributed by atoms with Gasteiger partial charge in [0.2, 0.25) is 0 Å². The first kappa shape index (κ1) is 35.8. The molecule has 10 aromatic rings. The fourth-order valence-electron chi connectivity index (χ4n) is 9.32. The Morgan fingerprint density at radius 2 is 0.887 bits per heavy atom. The summed E-state index contributed by atoms with van der Waals surface area (Å²) in [5, 5.41) is 1.06. The van der Waals surface area contributed by atoms with Crippen LogP contribution in [0.5, 0.6) is 0 Å². The van der Waals surface area contributed by atoms with E-state index in [4.69, 9.17) is 19.4 Å². The number of para-hydroxylation sites is 1. The second-order valence-corrected chi connectivity index (χ2v) is 16.0. The summed E-state index contributed by atoms with van der Waals surface area (Å²) in [6, 6.07) is 72.5. The van der Waals surface area contributed by atoms with E-state index < -0.39 is 0 Å². The van der Waals surface area contributed by atoms with Gasteiger partial charge in [-0.3, -0.25) is 0 Å². The molecule has 5 heteroatoms. The molecule has 0 spiro atoms. The van der Waals surface area contributed by atoms with E-state index in [-0.39, 0.29) is 12.0 Å². The highest BCUT2D eigenvalue weighted by Crippen LogP contribution is 2.54. The Kier molecular flexibility index (Phi) is 8.56. The monoisotopic (exact) mass is 794 g/mol. The summed E-state index contributed by atoms with van der Waals surface area (Å²) in [5.41, 5.74) is 15.4. The zero-order chi connectivity index (χ0) is 41.0. The van der Waals surface area contributed by atoms with Crippen molar-refractivity contribution in [3.05, 3.63) is 229 Å². The zero-order valence-corrected chi connectivity index (χ0v) is 33.6. The summed E-state index contributed by atoms with van der Waals surface area (Å²) in [6.07, 6.45) is 4.47. The number of rotatable bonds is 7. The van der Waals surface area contributed by atoms with Crippen molar-refractivity contribution >= 4 is 28.4 Å². The van der Waals surface area contributed by atoms with Gasteiger partial charge in [0.1, 0.15) is 11.3 Å². The van der Waals surface area contributed by atoms with Crippen LogP contribution in [0.4, 0.5) is 11.4 Å². The predicted molar refractivity (Wildman–Crippen MR) is 252 cm³/mol. The quantitative estimate of drug-likeness (QED) is 0.161. The molecule has 2 aromatic heterocycles. The van der Waals surface area contributed by atoms with Crippen LogP contribution in [0, 0.1) is 0 Å². The van der Waals surface area contributed by atoms with E-state index in [2.05, 4.69) is 211 Å². The number of nitrogens with zero attached hydrogens (tertiary/aromatic N) is 4. The first-order chi connectivity index (χ1) is 30.7. The Hall–Kier alpha value is -8.15. The Balaban J connectivity index is 0.966. The minimum absolute atomic E-state index is 0.0545. The number of anilines is 2. The summed E-state index contributed by atoms with van der Waals surface area (Å²) < 4.78 is 6.65. The van der Waals surface area contributed by atoms with Crippen molar-refractivity contribution < 1.29 is 4.42 Å². The summed E-state index contributed by atoms with van der Waals surface area (Å²) in [7, 11) is 0. The Morgan fingerprint density at radius 1 is 0.403 bits per heavy atom. The molecule has 1 aliphatic heterocycles. The van der Waals surface area contributed by atoms with E-state index in [0.29, 0.717) is 17.5 Å². The van der Waals surface area contributed by atoms with E-state index in [9.17, 15) is 0 Å². The van der Waals surface area contributed by atoms with Crippen LogP contribution < -0.4 is 4.90 Å². The van der Waals surface area contributed by atoms with Crippen LogP contribution in [-0.4, -0.2) is 21.0 Å². The minimum atomic E-state index is 0.0545. The highest BCUT2D eigenvalue weighted by molar-refractivity contribution is 5.93. The van der Waals surface area contributed by atoms with E-state index in [1.807, 2.05) is 12.1 Å². The predicted octanol–water partition coefficient (Wildman–Crippen LogP) is 14.3. The highest BCUT2D eigenvalue weighted by atomic mass is 16.3. The minimum Gasteiger partial charge on any atom is -0.456 e. The van der Waals surface area contributed by atoms with Crippen LogP contribution in [0.2, 0.25) is 0 Å². The summed E-state index contributed by atoms with van der Waals surface area (Å²) in [6.45, 7) is 0. The summed E-state index contributed by atoms with van der Waals surface area (Å²) in [4.78, 5) is 18.0. The molecule has 3 heterocycles. The summed E-state index contributed by atoms with van der Waals surface area (Å²) >= 11 is 0. The summed E-state index contributed by atoms with van der Waals surface area (Å²) in [5.74, 6) is 2.79. The first-order valence-corrected chi connectivity index (χ1v) is 21.1. The molecule has 5 nitrogen and oxygen atoms in total. The average molecular weight is 795 g/mol. The second-order valence-electron chi connectivity index (χ2n) is 16.0. The van der Waals surface area contributed by atoms with Gasteiger partial charge in [0.05, 0.1) is 6.04 Å². The van der Waals surface area contributed by atoms with Crippen molar-refractivity contribution in [2.24, 2.45) is 0 Å². The Morgan fingerprint density at radius 3 is 1.50 bits per heavy atom. The van der Waals surface area contributed by atoms with Gasteiger partial charge in [0, 0.05) is 44.9 Å². The molecule has 0 N–H and O–H groups in total. The van der Waals surface area contributed by atoms with Gasteiger partial charge in [0.25, 0.3) is 0 Å². The van der Waals surface area contributed by atoms with Gasteiger partial charge in [-0.15, -0.1) is 0 Å². The molecule has 62 heavy (non-hydrogen) atoms. The third kappa shape index (κ3) is 6.22. The molecule has 0 bridgehead atoms. The lowest BCUT2D eigenvalue weighted by Crippen LogP contribution is -2.30. The van der Waals surface area contributed by atoms with E-state index in [0.717, 1.165) is 61.4 Å². The number of furan rings is 1. The van der Waals surface area contributed by atoms with Crippen LogP contribution in [0.1, 0.15) is 22.8 Å². The maximum absolute atomic E-state index is 6.65. The van der Waals surface area contributed by atoms with Crippen molar-refractivity contribution in [2.75, 3.05) is 4.90 Å². The number of hydrogen-bond acceptors (Lipinski definition) is 5. The molecule has 12 rings (SSSR count). The van der Waals surface area contributed by atoms with Crippen LogP contribution in [-0.2, 0) is 0 Å². The van der Waals surface area contributed by atoms with Gasteiger partial charge >= 0.3 is 0 Å². The van der Waals surface area contributed by atoms with Gasteiger partial charge in [-0.25, -0.2) is 15.0 Å². The molecule has 0 saturated heterocycles. The third-order valence-electron chi connectivity index (χ3n) is 12.3. The lowest BCUT2D eigenvalue weighted by atomic mass is 9.82. The molecule has 1 aliphatic carbocycles. The molecular formula is C57H38N4O. The number of aromatic nitrogens is 3. The lowest BCUT2D eigenvalue weighted by Gasteiger charge is -2.30. The zero-order valence-electron chi connectivity index (χ0n) is 33.6. The lowest BCUT2D eigenvalue weighted by molar-refractivity contribution is 0.584. The average Bonchev–Trinajstić information content (AvgIpc) is 3.90. The van der Waals surface area contributed by atoms with Crippen molar-refractivity contribution in [2.45, 2.75) is 12.0 Å². The molecule has 2 unspecified atom stereocenters. The normalized spacial score (nSPS) is 15.0. The maximum atomic E-state index is 6.65. The molecule has 0 fully saturated rings. The standard InChI is InChI=1S/C57H38N4O/c1-4-13-37(14-5-1)40-23-27-42(28-24-40)55-58-56(43-29-25-41(26-30-43)38-15-6-2-7-16-38)60-57(59-55)45-31-33-51-48(36-45)54-52(62-51)34-32-50-53(54)47-21-10-11-22-49(47)61(50)46-20-12-19-44(35-46)39-17-8-3-9-18-39/h1-36,50,53H. The van der Waals surface area contributed by atoms with Gasteiger partial charge in [-0.2, -0.15) is 0 Å². The van der Waals surface area contributed by atoms with Crippen molar-refractivity contribution in [3.63, 3.8) is 0 Å². The van der Waals surface area contributed by atoms with Crippen molar-refractivity contribution in [1.29, 1.82) is 0 Å². The fraction of sp³-hybridized carbons (Fsp3) is 0.0351. The second kappa shape index (κ2) is 14.8. The number of fused-ring (bicyclic) bond motifs is 7. The highest BCUT2D eigenvalue weighted by Gasteiger charge is 2.43. The van der Waals surface area contributed by atoms with Crippen LogP contribution >= 0.6 is 0 Å². The SMILES string of the molecule is C1=CC2C(c3ccccc3N2c2cccc(-c3ccccc3)c2)c2c1oc1ccc(-c3nc(-c4ccc(-c5ccccc5)cc4)nc(-c4ccc(-c5ccccc5)cc4)n3)cc21. The van der Waals surface area contributed by atoms with Gasteiger partial charge in [-0.05, 0) is 81.4 Å². The molecule has 2 aliphatic rings. The van der Waals surface area contributed by atoms with Gasteiger partial charge in [-0.1, -0.05) is 176 Å². The Bertz CT molecular complexity index is 3180. The molecule has 0 saturated carbocycles.